The van der Waals surface area contributed by atoms with E-state index in [0.29, 0.717) is 0 Å². The zero-order valence-electron chi connectivity index (χ0n) is 13.1. The fourth-order valence-corrected chi connectivity index (χ4v) is 2.42. The van der Waals surface area contributed by atoms with Crippen molar-refractivity contribution in [1.82, 2.24) is 0 Å². The van der Waals surface area contributed by atoms with Gasteiger partial charge in [0.2, 0.25) is 10.0 Å². The fourth-order valence-electron chi connectivity index (χ4n) is 1.86. The van der Waals surface area contributed by atoms with Crippen molar-refractivity contribution < 1.29 is 22.7 Å². The van der Waals surface area contributed by atoms with Crippen molar-refractivity contribution in [2.24, 2.45) is 5.14 Å². The van der Waals surface area contributed by atoms with E-state index in [4.69, 9.17) is 9.88 Å². The molecule has 0 radical (unpaired) electrons. The molecule has 2 rings (SSSR count). The van der Waals surface area contributed by atoms with Crippen LogP contribution < -0.4 is 10.5 Å². The normalized spacial score (nSPS) is 11.2. The van der Waals surface area contributed by atoms with Gasteiger partial charge in [-0.1, -0.05) is 36.4 Å². The highest BCUT2D eigenvalue weighted by Crippen LogP contribution is 2.13. The van der Waals surface area contributed by atoms with Crippen molar-refractivity contribution in [3.8, 4) is 0 Å². The number of benzene rings is 2. The van der Waals surface area contributed by atoms with Crippen molar-refractivity contribution in [3.63, 3.8) is 0 Å². The first-order chi connectivity index (χ1) is 11.8. The molecule has 0 saturated carbocycles. The Morgan fingerprint density at radius 3 is 2.48 bits per heavy atom. The van der Waals surface area contributed by atoms with Gasteiger partial charge in [0.15, 0.2) is 6.61 Å². The molecule has 0 fully saturated rings. The van der Waals surface area contributed by atoms with Gasteiger partial charge in [0.05, 0.1) is 4.90 Å². The van der Waals surface area contributed by atoms with Gasteiger partial charge in [-0.15, -0.1) is 0 Å². The number of amides is 1. The van der Waals surface area contributed by atoms with Crippen LogP contribution in [0.2, 0.25) is 0 Å². The number of sulfonamides is 1. The van der Waals surface area contributed by atoms with E-state index < -0.39 is 28.5 Å². The number of rotatable bonds is 6. The molecule has 2 aromatic rings. The summed E-state index contributed by atoms with van der Waals surface area (Å²) in [6.07, 6.45) is 2.78. The Kier molecular flexibility index (Phi) is 6.04. The smallest absolute Gasteiger partial charge is 0.331 e. The van der Waals surface area contributed by atoms with Gasteiger partial charge in [0, 0.05) is 11.8 Å². The Morgan fingerprint density at radius 1 is 1.08 bits per heavy atom. The van der Waals surface area contributed by atoms with Crippen LogP contribution in [0.1, 0.15) is 5.56 Å². The molecule has 7 nitrogen and oxygen atoms in total. The van der Waals surface area contributed by atoms with Crippen LogP contribution in [0.4, 0.5) is 5.69 Å². The number of hydrogen-bond acceptors (Lipinski definition) is 5. The Balaban J connectivity index is 1.86. The van der Waals surface area contributed by atoms with Crippen LogP contribution in [0, 0.1) is 0 Å². The van der Waals surface area contributed by atoms with Gasteiger partial charge in [0.1, 0.15) is 0 Å². The van der Waals surface area contributed by atoms with Crippen molar-refractivity contribution in [1.29, 1.82) is 0 Å². The van der Waals surface area contributed by atoms with Gasteiger partial charge in [0.25, 0.3) is 5.91 Å². The summed E-state index contributed by atoms with van der Waals surface area (Å²) < 4.78 is 27.3. The maximum atomic E-state index is 11.8. The molecule has 1 amide bonds. The number of primary sulfonamides is 1. The minimum absolute atomic E-state index is 0.131. The number of nitrogens with two attached hydrogens (primary N) is 1. The molecule has 0 aliphatic heterocycles. The highest BCUT2D eigenvalue weighted by molar-refractivity contribution is 7.89. The quantitative estimate of drug-likeness (QED) is 0.599. The van der Waals surface area contributed by atoms with E-state index in [1.807, 2.05) is 30.3 Å². The maximum absolute atomic E-state index is 11.8. The van der Waals surface area contributed by atoms with Crippen molar-refractivity contribution in [2.75, 3.05) is 11.9 Å². The van der Waals surface area contributed by atoms with Crippen LogP contribution in [-0.4, -0.2) is 26.9 Å². The molecular weight excluding hydrogens is 344 g/mol. The first kappa shape index (κ1) is 18.4. The number of carbonyl (C=O) groups excluding carboxylic acids is 2. The van der Waals surface area contributed by atoms with Gasteiger partial charge in [-0.3, -0.25) is 4.79 Å². The molecular formula is C17H16N2O5S. The predicted octanol–water partition coefficient (Wildman–Crippen LogP) is 1.53. The van der Waals surface area contributed by atoms with Crippen LogP contribution in [0.25, 0.3) is 6.08 Å². The Morgan fingerprint density at radius 2 is 1.80 bits per heavy atom. The SMILES string of the molecule is NS(=O)(=O)c1cccc(NC(=O)COC(=O)C=Cc2ccccc2)c1. The van der Waals surface area contributed by atoms with Crippen LogP contribution in [0.3, 0.4) is 0 Å². The largest absolute Gasteiger partial charge is 0.452 e. The first-order valence-electron chi connectivity index (χ1n) is 7.17. The van der Waals surface area contributed by atoms with E-state index in [1.165, 1.54) is 30.3 Å². The van der Waals surface area contributed by atoms with E-state index in [0.717, 1.165) is 5.56 Å². The molecule has 0 aromatic heterocycles. The number of carbonyl (C=O) groups is 2. The summed E-state index contributed by atoms with van der Waals surface area (Å²) in [5.74, 6) is -1.27. The highest BCUT2D eigenvalue weighted by Gasteiger charge is 2.10. The second-order valence-corrected chi connectivity index (χ2v) is 6.53. The molecule has 0 heterocycles. The highest BCUT2D eigenvalue weighted by atomic mass is 32.2. The molecule has 8 heteroatoms. The van der Waals surface area contributed by atoms with Crippen LogP contribution >= 0.6 is 0 Å². The van der Waals surface area contributed by atoms with E-state index in [-0.39, 0.29) is 10.6 Å². The molecule has 130 valence electrons. The third-order valence-electron chi connectivity index (χ3n) is 3.00. The lowest BCUT2D eigenvalue weighted by atomic mass is 10.2. The summed E-state index contributed by atoms with van der Waals surface area (Å²) in [5.41, 5.74) is 1.05. The number of nitrogens with one attached hydrogen (secondary N) is 1. The lowest BCUT2D eigenvalue weighted by Gasteiger charge is -2.06. The van der Waals surface area contributed by atoms with Gasteiger partial charge in [-0.05, 0) is 29.8 Å². The summed E-state index contributed by atoms with van der Waals surface area (Å²) in [6, 6.07) is 14.6. The first-order valence-corrected chi connectivity index (χ1v) is 8.72. The van der Waals surface area contributed by atoms with Crippen LogP contribution in [0.15, 0.2) is 65.6 Å². The van der Waals surface area contributed by atoms with E-state index in [2.05, 4.69) is 5.32 Å². The lowest BCUT2D eigenvalue weighted by Crippen LogP contribution is -2.20. The number of hydrogen-bond donors (Lipinski definition) is 2. The standard InChI is InChI=1S/C17H16N2O5S/c18-25(22,23)15-8-4-7-14(11-15)19-16(20)12-24-17(21)10-9-13-5-2-1-3-6-13/h1-11H,12H2,(H,19,20)(H2,18,22,23). The Labute approximate surface area is 145 Å². The molecule has 0 aliphatic rings. The van der Waals surface area contributed by atoms with E-state index in [9.17, 15) is 18.0 Å². The van der Waals surface area contributed by atoms with Crippen molar-refractivity contribution in [2.45, 2.75) is 4.90 Å². The number of anilines is 1. The Hall–Kier alpha value is -2.97. The molecule has 25 heavy (non-hydrogen) atoms. The predicted molar refractivity (Wildman–Crippen MR) is 92.9 cm³/mol. The second kappa shape index (κ2) is 8.22. The monoisotopic (exact) mass is 360 g/mol. The molecule has 0 saturated heterocycles. The second-order valence-electron chi connectivity index (χ2n) is 4.97. The summed E-state index contributed by atoms with van der Waals surface area (Å²) in [4.78, 5) is 23.2. The summed E-state index contributed by atoms with van der Waals surface area (Å²) in [6.45, 7) is -0.502. The molecule has 0 unspecified atom stereocenters. The molecule has 0 bridgehead atoms. The molecule has 2 aromatic carbocycles. The number of ether oxygens (including phenoxy) is 1. The topological polar surface area (TPSA) is 116 Å². The summed E-state index contributed by atoms with van der Waals surface area (Å²) in [7, 11) is -3.87. The zero-order valence-corrected chi connectivity index (χ0v) is 13.9. The zero-order chi connectivity index (χ0) is 18.3. The molecule has 0 spiro atoms. The summed E-state index contributed by atoms with van der Waals surface area (Å²) in [5, 5.41) is 7.44. The van der Waals surface area contributed by atoms with Gasteiger partial charge in [-0.2, -0.15) is 0 Å². The van der Waals surface area contributed by atoms with Gasteiger partial charge in [-0.25, -0.2) is 18.4 Å². The molecule has 0 atom stereocenters. The van der Waals surface area contributed by atoms with Gasteiger partial charge >= 0.3 is 5.97 Å². The maximum Gasteiger partial charge on any atom is 0.331 e. The van der Waals surface area contributed by atoms with Crippen LogP contribution in [-0.2, 0) is 24.3 Å². The van der Waals surface area contributed by atoms with E-state index in [1.54, 1.807) is 6.08 Å². The lowest BCUT2D eigenvalue weighted by molar-refractivity contribution is -0.142. The third kappa shape index (κ3) is 6.21. The minimum atomic E-state index is -3.87. The summed E-state index contributed by atoms with van der Waals surface area (Å²) >= 11 is 0. The van der Waals surface area contributed by atoms with E-state index >= 15 is 0 Å². The molecule has 0 aliphatic carbocycles. The van der Waals surface area contributed by atoms with Gasteiger partial charge < -0.3 is 10.1 Å². The minimum Gasteiger partial charge on any atom is -0.452 e. The Bertz CT molecular complexity index is 892. The number of esters is 1. The average Bonchev–Trinajstić information content (AvgIpc) is 2.58. The fraction of sp³-hybridized carbons (Fsp3) is 0.0588. The van der Waals surface area contributed by atoms with Crippen molar-refractivity contribution >= 4 is 33.7 Å². The third-order valence-corrected chi connectivity index (χ3v) is 3.91. The molecule has 3 N–H and O–H groups in total. The van der Waals surface area contributed by atoms with Crippen LogP contribution in [0.5, 0.6) is 0 Å². The van der Waals surface area contributed by atoms with Crippen molar-refractivity contribution in [3.05, 3.63) is 66.2 Å². The average molecular weight is 360 g/mol.